The van der Waals surface area contributed by atoms with E-state index in [2.05, 4.69) is 10.4 Å². The number of nitrogens with one attached hydrogen (secondary N) is 1. The second-order valence-electron chi connectivity index (χ2n) is 3.78. The number of anilines is 2. The van der Waals surface area contributed by atoms with E-state index in [0.29, 0.717) is 0 Å². The topological polar surface area (TPSA) is 72.9 Å². The van der Waals surface area contributed by atoms with Crippen LogP contribution in [0.4, 0.5) is 15.8 Å². The molecule has 1 aromatic heterocycles. The Kier molecular flexibility index (Phi) is 3.64. The zero-order chi connectivity index (χ0) is 14.2. The maximum absolute atomic E-state index is 13.2. The highest BCUT2D eigenvalue weighted by atomic mass is 35.5. The fourth-order valence-electron chi connectivity index (χ4n) is 1.55. The van der Waals surface area contributed by atoms with Gasteiger partial charge in [0.15, 0.2) is 5.82 Å². The van der Waals surface area contributed by atoms with E-state index >= 15 is 0 Å². The Bertz CT molecular complexity index is 614. The first-order valence-corrected chi connectivity index (χ1v) is 5.89. The summed E-state index contributed by atoms with van der Waals surface area (Å²) in [5.74, 6) is -1.22. The summed E-state index contributed by atoms with van der Waals surface area (Å²) < 4.78 is 14.6. The molecule has 0 spiro atoms. The average Bonchev–Trinajstić information content (AvgIpc) is 2.66. The molecule has 1 amide bonds. The van der Waals surface area contributed by atoms with Gasteiger partial charge in [0.25, 0.3) is 5.91 Å². The first kappa shape index (κ1) is 13.6. The fourth-order valence-corrected chi connectivity index (χ4v) is 2.04. The van der Waals surface area contributed by atoms with Crippen molar-refractivity contribution in [2.45, 2.75) is 0 Å². The Morgan fingerprint density at radius 1 is 1.42 bits per heavy atom. The second-order valence-corrected chi connectivity index (χ2v) is 4.59. The van der Waals surface area contributed by atoms with Gasteiger partial charge in [-0.05, 0) is 12.1 Å². The predicted molar refractivity (Wildman–Crippen MR) is 72.0 cm³/mol. The monoisotopic (exact) mass is 302 g/mol. The summed E-state index contributed by atoms with van der Waals surface area (Å²) in [6.45, 7) is 0. The summed E-state index contributed by atoms with van der Waals surface area (Å²) in [5, 5.41) is 6.01. The molecule has 0 saturated heterocycles. The molecule has 0 fully saturated rings. The van der Waals surface area contributed by atoms with Gasteiger partial charge < -0.3 is 11.1 Å². The van der Waals surface area contributed by atoms with Gasteiger partial charge in [-0.25, -0.2) is 4.39 Å². The standard InChI is InChI=1S/C11H9Cl2FN4O/c1-18-10(8(15)4-16-18)11(19)17-5-2-6(12)9(14)7(13)3-5/h2-4H,15H2,1H3,(H,17,19). The molecule has 1 heterocycles. The third kappa shape index (κ3) is 2.64. The largest absolute Gasteiger partial charge is 0.396 e. The lowest BCUT2D eigenvalue weighted by Gasteiger charge is -2.08. The second kappa shape index (κ2) is 5.07. The van der Waals surface area contributed by atoms with E-state index in [-0.39, 0.29) is 27.1 Å². The Hall–Kier alpha value is -1.79. The molecule has 0 aliphatic rings. The van der Waals surface area contributed by atoms with Crippen molar-refractivity contribution in [2.75, 3.05) is 11.1 Å². The Morgan fingerprint density at radius 2 is 2.00 bits per heavy atom. The summed E-state index contributed by atoms with van der Waals surface area (Å²) in [7, 11) is 1.58. The van der Waals surface area contributed by atoms with Gasteiger partial charge in [0.2, 0.25) is 0 Å². The molecule has 0 unspecified atom stereocenters. The van der Waals surface area contributed by atoms with Gasteiger partial charge in [-0.1, -0.05) is 23.2 Å². The number of carbonyl (C=O) groups excluding carboxylic acids is 1. The summed E-state index contributed by atoms with van der Waals surface area (Å²) in [5.41, 5.74) is 6.32. The smallest absolute Gasteiger partial charge is 0.276 e. The molecule has 2 aromatic rings. The van der Waals surface area contributed by atoms with Crippen LogP contribution < -0.4 is 11.1 Å². The molecule has 0 aliphatic heterocycles. The van der Waals surface area contributed by atoms with Crippen LogP contribution in [-0.2, 0) is 7.05 Å². The van der Waals surface area contributed by atoms with Crippen LogP contribution in [0.25, 0.3) is 0 Å². The zero-order valence-electron chi connectivity index (χ0n) is 9.75. The zero-order valence-corrected chi connectivity index (χ0v) is 11.3. The van der Waals surface area contributed by atoms with Crippen LogP contribution in [0.3, 0.4) is 0 Å². The van der Waals surface area contributed by atoms with Gasteiger partial charge in [-0.2, -0.15) is 5.10 Å². The minimum Gasteiger partial charge on any atom is -0.396 e. The molecule has 0 bridgehead atoms. The molecule has 0 saturated carbocycles. The van der Waals surface area contributed by atoms with E-state index in [1.165, 1.54) is 23.0 Å². The molecule has 100 valence electrons. The van der Waals surface area contributed by atoms with Gasteiger partial charge in [0.1, 0.15) is 5.69 Å². The number of amides is 1. The Balaban J connectivity index is 2.30. The van der Waals surface area contributed by atoms with Gasteiger partial charge >= 0.3 is 0 Å². The van der Waals surface area contributed by atoms with Crippen LogP contribution >= 0.6 is 23.2 Å². The number of nitrogens with zero attached hydrogens (tertiary/aromatic N) is 2. The van der Waals surface area contributed by atoms with Crippen molar-refractivity contribution in [1.29, 1.82) is 0 Å². The van der Waals surface area contributed by atoms with Gasteiger partial charge in [0, 0.05) is 12.7 Å². The van der Waals surface area contributed by atoms with Gasteiger partial charge in [0.05, 0.1) is 21.9 Å². The molecular weight excluding hydrogens is 294 g/mol. The van der Waals surface area contributed by atoms with E-state index in [1.54, 1.807) is 7.05 Å². The third-order valence-corrected chi connectivity index (χ3v) is 2.97. The maximum atomic E-state index is 13.2. The number of aryl methyl sites for hydroxylation is 1. The minimum atomic E-state index is -0.735. The Morgan fingerprint density at radius 3 is 2.47 bits per heavy atom. The van der Waals surface area contributed by atoms with Gasteiger partial charge in [-0.15, -0.1) is 0 Å². The number of hydrogen-bond acceptors (Lipinski definition) is 3. The number of aromatic nitrogens is 2. The highest BCUT2D eigenvalue weighted by Crippen LogP contribution is 2.27. The van der Waals surface area contributed by atoms with Crippen molar-refractivity contribution in [1.82, 2.24) is 9.78 Å². The number of rotatable bonds is 2. The summed E-state index contributed by atoms with van der Waals surface area (Å²) in [4.78, 5) is 12.0. The summed E-state index contributed by atoms with van der Waals surface area (Å²) in [6.07, 6.45) is 1.36. The maximum Gasteiger partial charge on any atom is 0.276 e. The SMILES string of the molecule is Cn1ncc(N)c1C(=O)Nc1cc(Cl)c(F)c(Cl)c1. The van der Waals surface area contributed by atoms with Crippen molar-refractivity contribution >= 4 is 40.5 Å². The van der Waals surface area contributed by atoms with Crippen molar-refractivity contribution in [2.24, 2.45) is 7.05 Å². The van der Waals surface area contributed by atoms with E-state index in [4.69, 9.17) is 28.9 Å². The van der Waals surface area contributed by atoms with Crippen LogP contribution in [0.5, 0.6) is 0 Å². The number of benzene rings is 1. The van der Waals surface area contributed by atoms with E-state index in [1.807, 2.05) is 0 Å². The number of hydrogen-bond donors (Lipinski definition) is 2. The highest BCUT2D eigenvalue weighted by Gasteiger charge is 2.16. The lowest BCUT2D eigenvalue weighted by atomic mass is 10.3. The minimum absolute atomic E-state index is 0.180. The predicted octanol–water partition coefficient (Wildman–Crippen LogP) is 2.70. The Labute approximate surface area is 118 Å². The first-order chi connectivity index (χ1) is 8.90. The molecule has 19 heavy (non-hydrogen) atoms. The van der Waals surface area contributed by atoms with Crippen LogP contribution in [0.1, 0.15) is 10.5 Å². The first-order valence-electron chi connectivity index (χ1n) is 5.13. The third-order valence-electron chi connectivity index (χ3n) is 2.42. The van der Waals surface area contributed by atoms with Crippen molar-refractivity contribution in [3.05, 3.63) is 39.9 Å². The van der Waals surface area contributed by atoms with Crippen LogP contribution in [0, 0.1) is 5.82 Å². The molecule has 8 heteroatoms. The molecule has 0 aliphatic carbocycles. The van der Waals surface area contributed by atoms with Crippen molar-refractivity contribution < 1.29 is 9.18 Å². The number of halogens is 3. The quantitative estimate of drug-likeness (QED) is 0.838. The highest BCUT2D eigenvalue weighted by molar-refractivity contribution is 6.35. The van der Waals surface area contributed by atoms with Crippen LogP contribution in [0.15, 0.2) is 18.3 Å². The van der Waals surface area contributed by atoms with Crippen molar-refractivity contribution in [3.63, 3.8) is 0 Å². The van der Waals surface area contributed by atoms with E-state index in [9.17, 15) is 9.18 Å². The molecular formula is C11H9Cl2FN4O. The summed E-state index contributed by atoms with van der Waals surface area (Å²) >= 11 is 11.3. The lowest BCUT2D eigenvalue weighted by molar-refractivity contribution is 0.101. The van der Waals surface area contributed by atoms with E-state index in [0.717, 1.165) is 0 Å². The molecule has 0 atom stereocenters. The number of carbonyl (C=O) groups is 1. The molecule has 5 nitrogen and oxygen atoms in total. The number of nitrogen functional groups attached to an aromatic ring is 1. The van der Waals surface area contributed by atoms with Crippen LogP contribution in [-0.4, -0.2) is 15.7 Å². The fraction of sp³-hybridized carbons (Fsp3) is 0.0909. The molecule has 0 radical (unpaired) electrons. The summed E-state index contributed by atoms with van der Waals surface area (Å²) in [6, 6.07) is 2.51. The number of nitrogens with two attached hydrogens (primary N) is 1. The molecule has 3 N–H and O–H groups in total. The lowest BCUT2D eigenvalue weighted by Crippen LogP contribution is -2.17. The van der Waals surface area contributed by atoms with Crippen LogP contribution in [0.2, 0.25) is 10.0 Å². The van der Waals surface area contributed by atoms with E-state index < -0.39 is 11.7 Å². The van der Waals surface area contributed by atoms with Gasteiger partial charge in [-0.3, -0.25) is 9.48 Å². The molecule has 2 rings (SSSR count). The van der Waals surface area contributed by atoms with Crippen molar-refractivity contribution in [3.8, 4) is 0 Å². The normalized spacial score (nSPS) is 10.5. The average molecular weight is 303 g/mol. The molecule has 1 aromatic carbocycles.